The van der Waals surface area contributed by atoms with Crippen LogP contribution in [0.1, 0.15) is 70.4 Å². The molecule has 1 aromatic heterocycles. The van der Waals surface area contributed by atoms with E-state index in [9.17, 15) is 9.59 Å². The molecule has 0 radical (unpaired) electrons. The maximum absolute atomic E-state index is 13.0. The maximum atomic E-state index is 13.0. The van der Waals surface area contributed by atoms with E-state index >= 15 is 0 Å². The molecule has 2 aliphatic rings. The Morgan fingerprint density at radius 1 is 0.651 bits per heavy atom. The van der Waals surface area contributed by atoms with Gasteiger partial charge in [-0.2, -0.15) is 9.97 Å². The topological polar surface area (TPSA) is 91.3 Å². The monoisotopic (exact) mass is 574 g/mol. The van der Waals surface area contributed by atoms with E-state index in [1.807, 2.05) is 64.4 Å². The zero-order valence-electron chi connectivity index (χ0n) is 24.8. The lowest BCUT2D eigenvalue weighted by Crippen LogP contribution is -2.35. The van der Waals surface area contributed by atoms with Gasteiger partial charge < -0.3 is 15.1 Å². The number of amides is 2. The standard InChI is InChI=1S/C35H38N6O2/c1-25-9-8-10-26(23-25)24-36-35-38-31(27-11-15-29(16-12-27)33(42)40-19-4-2-5-20-40)37-32(39-35)28-13-17-30(18-14-28)34(43)41-21-6-3-7-22-41/h8-18,23H,2-7,19-22,24H2,1H3,(H,36,37,38,39). The summed E-state index contributed by atoms with van der Waals surface area (Å²) in [6.45, 7) is 5.90. The minimum atomic E-state index is 0.0716. The minimum Gasteiger partial charge on any atom is -0.350 e. The first kappa shape index (κ1) is 28.5. The van der Waals surface area contributed by atoms with Crippen LogP contribution in [0.4, 0.5) is 5.95 Å². The van der Waals surface area contributed by atoms with E-state index in [-0.39, 0.29) is 11.8 Å². The van der Waals surface area contributed by atoms with Crippen molar-refractivity contribution in [3.05, 3.63) is 95.1 Å². The van der Waals surface area contributed by atoms with Crippen LogP contribution in [-0.4, -0.2) is 62.7 Å². The number of rotatable bonds is 7. The van der Waals surface area contributed by atoms with Gasteiger partial charge in [-0.15, -0.1) is 0 Å². The lowest BCUT2D eigenvalue weighted by Gasteiger charge is -2.26. The summed E-state index contributed by atoms with van der Waals surface area (Å²) in [6, 6.07) is 23.4. The van der Waals surface area contributed by atoms with Crippen LogP contribution in [0, 0.1) is 6.92 Å². The Labute approximate surface area is 253 Å². The lowest BCUT2D eigenvalue weighted by atomic mass is 10.1. The molecule has 0 saturated carbocycles. The number of nitrogens with zero attached hydrogens (tertiary/aromatic N) is 5. The molecule has 2 saturated heterocycles. The third kappa shape index (κ3) is 6.91. The first-order chi connectivity index (χ1) is 21.0. The van der Waals surface area contributed by atoms with E-state index in [1.54, 1.807) is 0 Å². The van der Waals surface area contributed by atoms with Crippen molar-refractivity contribution in [1.29, 1.82) is 0 Å². The summed E-state index contributed by atoms with van der Waals surface area (Å²) in [5, 5.41) is 3.37. The first-order valence-electron chi connectivity index (χ1n) is 15.4. The van der Waals surface area contributed by atoms with Crippen LogP contribution in [0.5, 0.6) is 0 Å². The van der Waals surface area contributed by atoms with Crippen LogP contribution in [0.15, 0.2) is 72.8 Å². The van der Waals surface area contributed by atoms with Crippen molar-refractivity contribution >= 4 is 17.8 Å². The van der Waals surface area contributed by atoms with Crippen LogP contribution in [0.25, 0.3) is 22.8 Å². The Balaban J connectivity index is 1.27. The second kappa shape index (κ2) is 13.2. The van der Waals surface area contributed by atoms with E-state index in [4.69, 9.17) is 15.0 Å². The molecule has 8 heteroatoms. The zero-order chi connectivity index (χ0) is 29.6. The zero-order valence-corrected chi connectivity index (χ0v) is 24.8. The number of nitrogens with one attached hydrogen (secondary N) is 1. The molecule has 220 valence electrons. The molecule has 0 unspecified atom stereocenters. The second-order valence-electron chi connectivity index (χ2n) is 11.5. The van der Waals surface area contributed by atoms with Crippen LogP contribution in [-0.2, 0) is 6.54 Å². The number of carbonyl (C=O) groups is 2. The number of piperidine rings is 2. The van der Waals surface area contributed by atoms with Crippen molar-refractivity contribution in [2.45, 2.75) is 52.0 Å². The molecule has 4 aromatic rings. The number of hydrogen-bond donors (Lipinski definition) is 1. The van der Waals surface area contributed by atoms with Crippen molar-refractivity contribution in [2.24, 2.45) is 0 Å². The highest BCUT2D eigenvalue weighted by Gasteiger charge is 2.20. The van der Waals surface area contributed by atoms with Gasteiger partial charge in [-0.1, -0.05) is 54.1 Å². The fourth-order valence-corrected chi connectivity index (χ4v) is 5.80. The summed E-state index contributed by atoms with van der Waals surface area (Å²) < 4.78 is 0. The molecule has 2 fully saturated rings. The number of hydrogen-bond acceptors (Lipinski definition) is 6. The minimum absolute atomic E-state index is 0.0716. The molecule has 0 spiro atoms. The summed E-state index contributed by atoms with van der Waals surface area (Å²) in [4.78, 5) is 44.2. The molecule has 2 aliphatic heterocycles. The number of likely N-dealkylation sites (tertiary alicyclic amines) is 2. The average Bonchev–Trinajstić information content (AvgIpc) is 3.07. The number of carbonyl (C=O) groups excluding carboxylic acids is 2. The highest BCUT2D eigenvalue weighted by Crippen LogP contribution is 2.24. The summed E-state index contributed by atoms with van der Waals surface area (Å²) in [7, 11) is 0. The summed E-state index contributed by atoms with van der Waals surface area (Å²) in [6.07, 6.45) is 6.60. The predicted octanol–water partition coefficient (Wildman–Crippen LogP) is 6.38. The molecule has 0 bridgehead atoms. The van der Waals surface area contributed by atoms with Crippen molar-refractivity contribution in [1.82, 2.24) is 24.8 Å². The van der Waals surface area contributed by atoms with Crippen LogP contribution in [0.2, 0.25) is 0 Å². The van der Waals surface area contributed by atoms with E-state index in [2.05, 4.69) is 30.4 Å². The van der Waals surface area contributed by atoms with Gasteiger partial charge >= 0.3 is 0 Å². The quantitative estimate of drug-likeness (QED) is 0.276. The molecule has 3 aromatic carbocycles. The fraction of sp³-hybridized carbons (Fsp3) is 0.343. The average molecular weight is 575 g/mol. The third-order valence-corrected chi connectivity index (χ3v) is 8.24. The number of aryl methyl sites for hydroxylation is 1. The van der Waals surface area contributed by atoms with Crippen molar-refractivity contribution in [3.8, 4) is 22.8 Å². The lowest BCUT2D eigenvalue weighted by molar-refractivity contribution is 0.0717. The van der Waals surface area contributed by atoms with Gasteiger partial charge in [0, 0.05) is 55.0 Å². The van der Waals surface area contributed by atoms with Gasteiger partial charge in [-0.3, -0.25) is 9.59 Å². The van der Waals surface area contributed by atoms with Gasteiger partial charge in [-0.05, 0) is 75.3 Å². The van der Waals surface area contributed by atoms with Gasteiger partial charge in [0.25, 0.3) is 11.8 Å². The molecule has 0 atom stereocenters. The largest absolute Gasteiger partial charge is 0.350 e. The maximum Gasteiger partial charge on any atom is 0.253 e. The molecule has 1 N–H and O–H groups in total. The Bertz CT molecular complexity index is 1480. The molecule has 3 heterocycles. The normalized spacial score (nSPS) is 15.3. The number of anilines is 1. The Kier molecular flexibility index (Phi) is 8.72. The van der Waals surface area contributed by atoms with Gasteiger partial charge in [0.2, 0.25) is 5.95 Å². The fourth-order valence-electron chi connectivity index (χ4n) is 5.80. The van der Waals surface area contributed by atoms with E-state index in [0.717, 1.165) is 68.6 Å². The molecule has 2 amide bonds. The third-order valence-electron chi connectivity index (χ3n) is 8.24. The van der Waals surface area contributed by atoms with Crippen LogP contribution < -0.4 is 5.32 Å². The van der Waals surface area contributed by atoms with Gasteiger partial charge in [-0.25, -0.2) is 4.98 Å². The predicted molar refractivity (Wildman–Crippen MR) is 169 cm³/mol. The SMILES string of the molecule is Cc1cccc(CNc2nc(-c3ccc(C(=O)N4CCCCC4)cc3)nc(-c3ccc(C(=O)N4CCCCC4)cc3)n2)c1. The molecule has 43 heavy (non-hydrogen) atoms. The number of benzene rings is 3. The Morgan fingerprint density at radius 3 is 1.60 bits per heavy atom. The van der Waals surface area contributed by atoms with Crippen LogP contribution >= 0.6 is 0 Å². The van der Waals surface area contributed by atoms with Crippen molar-refractivity contribution < 1.29 is 9.59 Å². The van der Waals surface area contributed by atoms with Gasteiger partial charge in [0.15, 0.2) is 11.6 Å². The Morgan fingerprint density at radius 2 is 1.14 bits per heavy atom. The molecular formula is C35H38N6O2. The summed E-state index contributed by atoms with van der Waals surface area (Å²) in [5.74, 6) is 1.64. The number of aromatic nitrogens is 3. The first-order valence-corrected chi connectivity index (χ1v) is 15.4. The van der Waals surface area contributed by atoms with Crippen molar-refractivity contribution in [3.63, 3.8) is 0 Å². The Hall–Kier alpha value is -4.59. The van der Waals surface area contributed by atoms with E-state index < -0.39 is 0 Å². The summed E-state index contributed by atoms with van der Waals surface area (Å²) >= 11 is 0. The highest BCUT2D eigenvalue weighted by atomic mass is 16.2. The van der Waals surface area contributed by atoms with Crippen LogP contribution in [0.3, 0.4) is 0 Å². The molecule has 8 nitrogen and oxygen atoms in total. The van der Waals surface area contributed by atoms with Gasteiger partial charge in [0.05, 0.1) is 0 Å². The summed E-state index contributed by atoms with van der Waals surface area (Å²) in [5.41, 5.74) is 5.27. The van der Waals surface area contributed by atoms with Crippen molar-refractivity contribution in [2.75, 3.05) is 31.5 Å². The van der Waals surface area contributed by atoms with E-state index in [0.29, 0.717) is 35.3 Å². The second-order valence-corrected chi connectivity index (χ2v) is 11.5. The highest BCUT2D eigenvalue weighted by molar-refractivity contribution is 5.95. The molecule has 6 rings (SSSR count). The smallest absolute Gasteiger partial charge is 0.253 e. The van der Waals surface area contributed by atoms with Gasteiger partial charge in [0.1, 0.15) is 0 Å². The molecular weight excluding hydrogens is 536 g/mol. The molecule has 0 aliphatic carbocycles. The van der Waals surface area contributed by atoms with E-state index in [1.165, 1.54) is 18.4 Å².